The largest absolute Gasteiger partial charge is 0.499 e. The summed E-state index contributed by atoms with van der Waals surface area (Å²) < 4.78 is 1.62. The summed E-state index contributed by atoms with van der Waals surface area (Å²) in [6.07, 6.45) is 0. The highest BCUT2D eigenvalue weighted by Gasteiger charge is 2.28. The van der Waals surface area contributed by atoms with Crippen molar-refractivity contribution >= 4 is 44.1 Å². The Morgan fingerprint density at radius 1 is 0.471 bits per heavy atom. The molecular weight excluding hydrogens is 435 g/mol. The number of benzene rings is 5. The van der Waals surface area contributed by atoms with Gasteiger partial charge in [-0.3, -0.25) is 0 Å². The molecule has 0 saturated carbocycles. The predicted molar refractivity (Wildman–Crippen MR) is 145 cm³/mol. The zero-order valence-corrected chi connectivity index (χ0v) is 19.2. The molecule has 0 saturated heterocycles. The Bertz CT molecular complexity index is 1610. The fourth-order valence-electron chi connectivity index (χ4n) is 4.91. The minimum atomic E-state index is -1.56. The first-order valence-electron chi connectivity index (χ1n) is 11.3. The molecule has 0 unspecified atom stereocenters. The summed E-state index contributed by atoms with van der Waals surface area (Å²) >= 11 is 1.47. The number of rotatable bonds is 4. The Hall–Kier alpha value is -3.70. The van der Waals surface area contributed by atoms with E-state index in [1.54, 1.807) is 0 Å². The Morgan fingerprint density at radius 3 is 1.44 bits per heavy atom. The van der Waals surface area contributed by atoms with E-state index in [0.717, 1.165) is 54.2 Å². The van der Waals surface area contributed by atoms with Gasteiger partial charge in [0.1, 0.15) is 0 Å². The number of fused-ring (bicyclic) bond motifs is 3. The molecule has 2 N–H and O–H groups in total. The van der Waals surface area contributed by atoms with Crippen LogP contribution in [0.1, 0.15) is 0 Å². The summed E-state index contributed by atoms with van der Waals surface area (Å²) in [7, 11) is -1.56. The van der Waals surface area contributed by atoms with Crippen molar-refractivity contribution in [3.63, 3.8) is 0 Å². The molecule has 1 heterocycles. The van der Waals surface area contributed by atoms with Crippen LogP contribution < -0.4 is 4.78 Å². The smallest absolute Gasteiger partial charge is 0.423 e. The van der Waals surface area contributed by atoms with Crippen molar-refractivity contribution in [3.8, 4) is 33.4 Å². The molecule has 0 amide bonds. The van der Waals surface area contributed by atoms with Gasteiger partial charge in [-0.15, -0.1) is 11.3 Å². The topological polar surface area (TPSA) is 40.5 Å². The first-order chi connectivity index (χ1) is 16.7. The van der Waals surface area contributed by atoms with Gasteiger partial charge >= 0.3 is 7.12 Å². The standard InChI is InChI=1S/C30H21BO2S/c32-31(33)30-27(22-16-8-3-9-17-22)28-24-19-11-10-18-23(24)25(20-12-4-1-5-13-20)26(29(28)34-30)21-14-6-2-7-15-21/h1-19,32-33H. The molecule has 4 heteroatoms. The van der Waals surface area contributed by atoms with Gasteiger partial charge in [0, 0.05) is 26.0 Å². The summed E-state index contributed by atoms with van der Waals surface area (Å²) in [5.41, 5.74) is 6.40. The van der Waals surface area contributed by atoms with Crippen LogP contribution in [0.3, 0.4) is 0 Å². The summed E-state index contributed by atoms with van der Waals surface area (Å²) in [5.74, 6) is 0. The van der Waals surface area contributed by atoms with Crippen molar-refractivity contribution in [2.45, 2.75) is 0 Å². The average molecular weight is 456 g/mol. The van der Waals surface area contributed by atoms with E-state index in [2.05, 4.69) is 72.8 Å². The highest BCUT2D eigenvalue weighted by atomic mass is 32.1. The molecule has 34 heavy (non-hydrogen) atoms. The molecule has 0 aliphatic heterocycles. The third kappa shape index (κ3) is 3.36. The van der Waals surface area contributed by atoms with Gasteiger partial charge < -0.3 is 10.0 Å². The van der Waals surface area contributed by atoms with Gasteiger partial charge in [-0.25, -0.2) is 0 Å². The van der Waals surface area contributed by atoms with E-state index in [9.17, 15) is 10.0 Å². The normalized spacial score (nSPS) is 11.2. The zero-order valence-electron chi connectivity index (χ0n) is 18.3. The van der Waals surface area contributed by atoms with Crippen LogP contribution in [0, 0.1) is 0 Å². The van der Waals surface area contributed by atoms with Gasteiger partial charge in [0.15, 0.2) is 0 Å². The maximum atomic E-state index is 10.5. The Morgan fingerprint density at radius 2 is 0.912 bits per heavy atom. The van der Waals surface area contributed by atoms with E-state index in [-0.39, 0.29) is 0 Å². The van der Waals surface area contributed by atoms with Crippen LogP contribution in [0.15, 0.2) is 115 Å². The molecule has 6 aromatic rings. The van der Waals surface area contributed by atoms with Crippen molar-refractivity contribution < 1.29 is 10.0 Å². The summed E-state index contributed by atoms with van der Waals surface area (Å²) in [6.45, 7) is 0. The van der Waals surface area contributed by atoms with Crippen LogP contribution in [0.25, 0.3) is 54.2 Å². The van der Waals surface area contributed by atoms with Gasteiger partial charge in [0.05, 0.1) is 0 Å². The third-order valence-corrected chi connectivity index (χ3v) is 7.55. The summed E-state index contributed by atoms with van der Waals surface area (Å²) in [4.78, 5) is 0. The van der Waals surface area contributed by atoms with Crippen molar-refractivity contribution in [1.29, 1.82) is 0 Å². The molecule has 1 aromatic heterocycles. The monoisotopic (exact) mass is 456 g/mol. The lowest BCUT2D eigenvalue weighted by atomic mass is 9.80. The molecule has 5 aromatic carbocycles. The highest BCUT2D eigenvalue weighted by Crippen LogP contribution is 2.48. The van der Waals surface area contributed by atoms with Gasteiger partial charge in [-0.05, 0) is 33.0 Å². The van der Waals surface area contributed by atoms with E-state index in [1.807, 2.05) is 42.5 Å². The predicted octanol–water partition coefficient (Wildman–Crippen LogP) is 6.74. The van der Waals surface area contributed by atoms with Crippen LogP contribution in [-0.2, 0) is 0 Å². The van der Waals surface area contributed by atoms with Crippen molar-refractivity contribution in [2.75, 3.05) is 0 Å². The third-order valence-electron chi connectivity index (χ3n) is 6.30. The van der Waals surface area contributed by atoms with Crippen molar-refractivity contribution in [2.24, 2.45) is 0 Å². The minimum Gasteiger partial charge on any atom is -0.423 e. The number of thiophene rings is 1. The molecule has 2 nitrogen and oxygen atoms in total. The maximum Gasteiger partial charge on any atom is 0.499 e. The van der Waals surface area contributed by atoms with E-state index in [1.165, 1.54) is 11.3 Å². The Labute approximate surface area is 202 Å². The van der Waals surface area contributed by atoms with Gasteiger partial charge in [0.2, 0.25) is 0 Å². The molecule has 0 spiro atoms. The average Bonchev–Trinajstić information content (AvgIpc) is 3.30. The van der Waals surface area contributed by atoms with Crippen molar-refractivity contribution in [3.05, 3.63) is 115 Å². The number of hydrogen-bond donors (Lipinski definition) is 2. The highest BCUT2D eigenvalue weighted by molar-refractivity contribution is 7.29. The molecule has 6 rings (SSSR count). The molecule has 162 valence electrons. The molecule has 0 radical (unpaired) electrons. The lowest BCUT2D eigenvalue weighted by Crippen LogP contribution is -2.28. The second kappa shape index (κ2) is 8.58. The molecule has 0 atom stereocenters. The summed E-state index contributed by atoms with van der Waals surface area (Å²) in [5, 5.41) is 24.2. The van der Waals surface area contributed by atoms with Gasteiger partial charge in [-0.1, -0.05) is 115 Å². The van der Waals surface area contributed by atoms with E-state index in [0.29, 0.717) is 4.78 Å². The molecule has 0 fully saturated rings. The van der Waals surface area contributed by atoms with Gasteiger partial charge in [0.25, 0.3) is 0 Å². The van der Waals surface area contributed by atoms with E-state index < -0.39 is 7.12 Å². The van der Waals surface area contributed by atoms with E-state index >= 15 is 0 Å². The Balaban J connectivity index is 1.89. The van der Waals surface area contributed by atoms with Crippen LogP contribution in [0.5, 0.6) is 0 Å². The maximum absolute atomic E-state index is 10.5. The quantitative estimate of drug-likeness (QED) is 0.289. The molecule has 0 aliphatic rings. The minimum absolute atomic E-state index is 0.564. The molecule has 0 aliphatic carbocycles. The van der Waals surface area contributed by atoms with E-state index in [4.69, 9.17) is 0 Å². The lowest BCUT2D eigenvalue weighted by molar-refractivity contribution is 0.427. The van der Waals surface area contributed by atoms with Crippen LogP contribution in [-0.4, -0.2) is 17.2 Å². The SMILES string of the molecule is OB(O)c1sc2c(-c3ccccc3)c(-c3ccccc3)c3ccccc3c2c1-c1ccccc1. The Kier molecular flexibility index (Phi) is 5.27. The number of hydrogen-bond acceptors (Lipinski definition) is 3. The van der Waals surface area contributed by atoms with Crippen molar-refractivity contribution in [1.82, 2.24) is 0 Å². The lowest BCUT2D eigenvalue weighted by Gasteiger charge is -2.17. The molecular formula is C30H21BO2S. The fourth-order valence-corrected chi connectivity index (χ4v) is 6.19. The van der Waals surface area contributed by atoms with Crippen LogP contribution in [0.2, 0.25) is 0 Å². The zero-order chi connectivity index (χ0) is 23.1. The van der Waals surface area contributed by atoms with Gasteiger partial charge in [-0.2, -0.15) is 0 Å². The summed E-state index contributed by atoms with van der Waals surface area (Å²) in [6, 6.07) is 39.3. The first-order valence-corrected chi connectivity index (χ1v) is 12.1. The second-order valence-electron chi connectivity index (χ2n) is 8.31. The first kappa shape index (κ1) is 20.9. The van der Waals surface area contributed by atoms with Crippen LogP contribution in [0.4, 0.5) is 0 Å². The second-order valence-corrected chi connectivity index (χ2v) is 9.36. The fraction of sp³-hybridized carbons (Fsp3) is 0. The van der Waals surface area contributed by atoms with Crippen LogP contribution >= 0.6 is 11.3 Å². The molecule has 0 bridgehead atoms.